The van der Waals surface area contributed by atoms with Crippen LogP contribution in [0.5, 0.6) is 11.5 Å². The number of hydrogen-bond acceptors (Lipinski definition) is 5. The topological polar surface area (TPSA) is 81.7 Å². The summed E-state index contributed by atoms with van der Waals surface area (Å²) in [5, 5.41) is 2.63. The minimum absolute atomic E-state index is 0.153. The zero-order chi connectivity index (χ0) is 16.9. The molecule has 0 radical (unpaired) electrons. The van der Waals surface area contributed by atoms with E-state index < -0.39 is 9.84 Å². The van der Waals surface area contributed by atoms with E-state index in [9.17, 15) is 13.2 Å². The van der Waals surface area contributed by atoms with E-state index in [1.165, 1.54) is 24.3 Å². The van der Waals surface area contributed by atoms with Crippen molar-refractivity contribution >= 4 is 21.4 Å². The van der Waals surface area contributed by atoms with Gasteiger partial charge in [-0.2, -0.15) is 0 Å². The van der Waals surface area contributed by atoms with E-state index in [4.69, 9.17) is 9.47 Å². The van der Waals surface area contributed by atoms with Crippen LogP contribution in [0.15, 0.2) is 53.4 Å². The van der Waals surface area contributed by atoms with Crippen molar-refractivity contribution in [2.75, 3.05) is 25.3 Å². The summed E-state index contributed by atoms with van der Waals surface area (Å²) in [6, 6.07) is 12.8. The number of anilines is 1. The maximum atomic E-state index is 11.8. The summed E-state index contributed by atoms with van der Waals surface area (Å²) in [6.07, 6.45) is 1.13. The normalized spacial score (nSPS) is 10.9. The van der Waals surface area contributed by atoms with Crippen LogP contribution in [0.3, 0.4) is 0 Å². The number of carbonyl (C=O) groups is 1. The average Bonchev–Trinajstić information content (AvgIpc) is 2.53. The maximum Gasteiger partial charge on any atom is 0.262 e. The molecule has 0 bridgehead atoms. The molecular weight excluding hydrogens is 318 g/mol. The lowest BCUT2D eigenvalue weighted by molar-refractivity contribution is -0.118. The first-order valence-corrected chi connectivity index (χ1v) is 8.64. The van der Waals surface area contributed by atoms with Crippen molar-refractivity contribution < 1.29 is 22.7 Å². The largest absolute Gasteiger partial charge is 0.497 e. The van der Waals surface area contributed by atoms with E-state index in [1.54, 1.807) is 31.4 Å². The number of carbonyl (C=O) groups excluding carboxylic acids is 1. The highest BCUT2D eigenvalue weighted by atomic mass is 32.2. The Morgan fingerprint density at radius 3 is 2.09 bits per heavy atom. The molecule has 0 aliphatic rings. The van der Waals surface area contributed by atoms with E-state index in [0.717, 1.165) is 6.26 Å². The molecule has 1 amide bonds. The van der Waals surface area contributed by atoms with Gasteiger partial charge in [0.05, 0.1) is 12.0 Å². The minimum Gasteiger partial charge on any atom is -0.497 e. The molecule has 122 valence electrons. The van der Waals surface area contributed by atoms with E-state index >= 15 is 0 Å². The van der Waals surface area contributed by atoms with Gasteiger partial charge in [0.25, 0.3) is 5.91 Å². The second kappa shape index (κ2) is 7.15. The fourth-order valence-electron chi connectivity index (χ4n) is 1.80. The quantitative estimate of drug-likeness (QED) is 0.874. The van der Waals surface area contributed by atoms with Gasteiger partial charge in [-0.1, -0.05) is 0 Å². The molecule has 0 fully saturated rings. The van der Waals surface area contributed by atoms with Crippen LogP contribution in [0.1, 0.15) is 0 Å². The van der Waals surface area contributed by atoms with Crippen molar-refractivity contribution in [3.05, 3.63) is 48.5 Å². The van der Waals surface area contributed by atoms with Crippen LogP contribution in [0, 0.1) is 0 Å². The maximum absolute atomic E-state index is 11.8. The van der Waals surface area contributed by atoms with Gasteiger partial charge in [0.15, 0.2) is 16.4 Å². The van der Waals surface area contributed by atoms with Gasteiger partial charge >= 0.3 is 0 Å². The summed E-state index contributed by atoms with van der Waals surface area (Å²) < 4.78 is 33.1. The molecule has 0 spiro atoms. The van der Waals surface area contributed by atoms with Crippen LogP contribution in [0.2, 0.25) is 0 Å². The lowest BCUT2D eigenvalue weighted by Gasteiger charge is -2.08. The van der Waals surface area contributed by atoms with E-state index in [2.05, 4.69) is 5.32 Å². The van der Waals surface area contributed by atoms with Gasteiger partial charge < -0.3 is 14.8 Å². The molecule has 2 aromatic carbocycles. The predicted octanol–water partition coefficient (Wildman–Crippen LogP) is 2.12. The standard InChI is InChI=1S/C16H17NO5S/c1-21-13-5-7-14(8-6-13)22-11-16(18)17-12-3-9-15(10-4-12)23(2,19)20/h3-10H,11H2,1-2H3,(H,17,18). The second-order valence-electron chi connectivity index (χ2n) is 4.81. The first kappa shape index (κ1) is 16.8. The van der Waals surface area contributed by atoms with Crippen LogP contribution in [-0.4, -0.2) is 34.3 Å². The fourth-order valence-corrected chi connectivity index (χ4v) is 2.43. The third-order valence-electron chi connectivity index (χ3n) is 3.00. The summed E-state index contributed by atoms with van der Waals surface area (Å²) in [6.45, 7) is -0.153. The predicted molar refractivity (Wildman–Crippen MR) is 86.7 cm³/mol. The summed E-state index contributed by atoms with van der Waals surface area (Å²) >= 11 is 0. The number of sulfone groups is 1. The molecule has 0 aliphatic heterocycles. The number of nitrogens with one attached hydrogen (secondary N) is 1. The van der Waals surface area contributed by atoms with E-state index in [1.807, 2.05) is 0 Å². The Kier molecular flexibility index (Phi) is 5.23. The first-order chi connectivity index (χ1) is 10.9. The number of hydrogen-bond donors (Lipinski definition) is 1. The van der Waals surface area contributed by atoms with Crippen molar-refractivity contribution in [1.29, 1.82) is 0 Å². The average molecular weight is 335 g/mol. The lowest BCUT2D eigenvalue weighted by atomic mass is 10.3. The van der Waals surface area contributed by atoms with Gasteiger partial charge in [0, 0.05) is 11.9 Å². The van der Waals surface area contributed by atoms with Crippen molar-refractivity contribution in [2.24, 2.45) is 0 Å². The number of amides is 1. The number of ether oxygens (including phenoxy) is 2. The smallest absolute Gasteiger partial charge is 0.262 e. The van der Waals surface area contributed by atoms with Gasteiger partial charge in [0.2, 0.25) is 0 Å². The lowest BCUT2D eigenvalue weighted by Crippen LogP contribution is -2.20. The van der Waals surface area contributed by atoms with Gasteiger partial charge in [-0.15, -0.1) is 0 Å². The van der Waals surface area contributed by atoms with Crippen LogP contribution in [0.25, 0.3) is 0 Å². The van der Waals surface area contributed by atoms with Gasteiger partial charge in [-0.05, 0) is 48.5 Å². The molecule has 0 unspecified atom stereocenters. The molecular formula is C16H17NO5S. The van der Waals surface area contributed by atoms with Crippen molar-refractivity contribution in [3.8, 4) is 11.5 Å². The Labute approximate surface area is 135 Å². The van der Waals surface area contributed by atoms with Gasteiger partial charge in [0.1, 0.15) is 11.5 Å². The van der Waals surface area contributed by atoms with E-state index in [0.29, 0.717) is 17.2 Å². The van der Waals surface area contributed by atoms with Crippen LogP contribution < -0.4 is 14.8 Å². The summed E-state index contributed by atoms with van der Waals surface area (Å²) in [5.41, 5.74) is 0.501. The molecule has 0 atom stereocenters. The first-order valence-electron chi connectivity index (χ1n) is 6.75. The molecule has 0 saturated heterocycles. The molecule has 2 rings (SSSR count). The van der Waals surface area contributed by atoms with Crippen molar-refractivity contribution in [1.82, 2.24) is 0 Å². The Bertz CT molecular complexity index is 767. The number of benzene rings is 2. The van der Waals surface area contributed by atoms with Crippen molar-refractivity contribution in [2.45, 2.75) is 4.90 Å². The third-order valence-corrected chi connectivity index (χ3v) is 4.12. The highest BCUT2D eigenvalue weighted by Crippen LogP contribution is 2.17. The molecule has 2 aromatic rings. The molecule has 6 nitrogen and oxygen atoms in total. The Balaban J connectivity index is 1.89. The third kappa shape index (κ3) is 5.00. The highest BCUT2D eigenvalue weighted by Gasteiger charge is 2.08. The van der Waals surface area contributed by atoms with Crippen LogP contribution in [-0.2, 0) is 14.6 Å². The Hall–Kier alpha value is -2.54. The number of rotatable bonds is 6. The molecule has 0 aromatic heterocycles. The monoisotopic (exact) mass is 335 g/mol. The van der Waals surface area contributed by atoms with Crippen molar-refractivity contribution in [3.63, 3.8) is 0 Å². The SMILES string of the molecule is COc1ccc(OCC(=O)Nc2ccc(S(C)(=O)=O)cc2)cc1. The summed E-state index contributed by atoms with van der Waals surface area (Å²) in [7, 11) is -1.68. The van der Waals surface area contributed by atoms with Gasteiger partial charge in [-0.3, -0.25) is 4.79 Å². The van der Waals surface area contributed by atoms with Crippen LogP contribution >= 0.6 is 0 Å². The van der Waals surface area contributed by atoms with Crippen LogP contribution in [0.4, 0.5) is 5.69 Å². The molecule has 7 heteroatoms. The molecule has 1 N–H and O–H groups in total. The minimum atomic E-state index is -3.25. The molecule has 0 saturated carbocycles. The summed E-state index contributed by atoms with van der Waals surface area (Å²) in [4.78, 5) is 12.0. The highest BCUT2D eigenvalue weighted by molar-refractivity contribution is 7.90. The molecule has 0 aliphatic carbocycles. The zero-order valence-electron chi connectivity index (χ0n) is 12.8. The van der Waals surface area contributed by atoms with E-state index in [-0.39, 0.29) is 17.4 Å². The van der Waals surface area contributed by atoms with Gasteiger partial charge in [-0.25, -0.2) is 8.42 Å². The summed E-state index contributed by atoms with van der Waals surface area (Å²) in [5.74, 6) is 0.911. The Morgan fingerprint density at radius 1 is 1.00 bits per heavy atom. The zero-order valence-corrected chi connectivity index (χ0v) is 13.6. The fraction of sp³-hybridized carbons (Fsp3) is 0.188. The second-order valence-corrected chi connectivity index (χ2v) is 6.82. The Morgan fingerprint density at radius 2 is 1.57 bits per heavy atom. The molecule has 23 heavy (non-hydrogen) atoms. The molecule has 0 heterocycles. The number of methoxy groups -OCH3 is 1.